The van der Waals surface area contributed by atoms with E-state index < -0.39 is 71.7 Å². The van der Waals surface area contributed by atoms with Gasteiger partial charge in [-0.05, 0) is 50.7 Å². The van der Waals surface area contributed by atoms with Gasteiger partial charge in [0.25, 0.3) is 5.91 Å². The zero-order chi connectivity index (χ0) is 29.6. The summed E-state index contributed by atoms with van der Waals surface area (Å²) in [6, 6.07) is 3.14. The maximum absolute atomic E-state index is 14.3. The van der Waals surface area contributed by atoms with Crippen molar-refractivity contribution in [1.82, 2.24) is 14.7 Å². The summed E-state index contributed by atoms with van der Waals surface area (Å²) in [4.78, 5) is 38.3. The van der Waals surface area contributed by atoms with Crippen molar-refractivity contribution in [2.75, 3.05) is 13.1 Å². The molecule has 1 amide bonds. The van der Waals surface area contributed by atoms with Gasteiger partial charge in [0, 0.05) is 6.54 Å². The second kappa shape index (κ2) is 10.9. The van der Waals surface area contributed by atoms with E-state index in [0.29, 0.717) is 15.8 Å². The molecule has 0 atom stereocenters. The van der Waals surface area contributed by atoms with Gasteiger partial charge >= 0.3 is 18.3 Å². The molecule has 1 heterocycles. The fourth-order valence-electron chi connectivity index (χ4n) is 5.08. The molecule has 4 rings (SSSR count). The van der Waals surface area contributed by atoms with Crippen LogP contribution in [0.5, 0.6) is 0 Å². The van der Waals surface area contributed by atoms with Crippen molar-refractivity contribution >= 4 is 40.9 Å². The SMILES string of the molecule is O=C(CN(CC1(C(F)(F)F)CC1)C(=O)c1cnn(C2CCC(C(=O)O)CC2)c1C(F)(F)F)c1c(Cl)cccc1Cl. The number of carboxylic acid groups (broad SMARTS) is 1. The summed E-state index contributed by atoms with van der Waals surface area (Å²) in [6.07, 6.45) is -9.73. The highest BCUT2D eigenvalue weighted by atomic mass is 35.5. The predicted octanol–water partition coefficient (Wildman–Crippen LogP) is 6.69. The zero-order valence-corrected chi connectivity index (χ0v) is 22.2. The number of Topliss-reactive ketones (excluding diaryl/α,β-unsaturated/α-hetero) is 1. The topological polar surface area (TPSA) is 92.5 Å². The molecule has 2 aromatic rings. The lowest BCUT2D eigenvalue weighted by molar-refractivity contribution is -0.189. The third kappa shape index (κ3) is 5.95. The second-order valence-electron chi connectivity index (χ2n) is 10.2. The van der Waals surface area contributed by atoms with Crippen LogP contribution in [0.1, 0.15) is 71.0 Å². The van der Waals surface area contributed by atoms with Crippen molar-refractivity contribution in [2.24, 2.45) is 11.3 Å². The number of carbonyl (C=O) groups excluding carboxylic acids is 2. The number of aromatic nitrogens is 2. The molecule has 1 aromatic heterocycles. The summed E-state index contributed by atoms with van der Waals surface area (Å²) >= 11 is 12.1. The molecular weight excluding hydrogens is 591 g/mol. The quantitative estimate of drug-likeness (QED) is 0.264. The summed E-state index contributed by atoms with van der Waals surface area (Å²) in [7, 11) is 0. The number of carboxylic acids is 1. The first kappa shape index (κ1) is 30.2. The third-order valence-corrected chi connectivity index (χ3v) is 8.13. The summed E-state index contributed by atoms with van der Waals surface area (Å²) < 4.78 is 84.9. The third-order valence-electron chi connectivity index (χ3n) is 7.50. The predicted molar refractivity (Wildman–Crippen MR) is 130 cm³/mol. The minimum absolute atomic E-state index is 0.0414. The first-order valence-electron chi connectivity index (χ1n) is 12.3. The van der Waals surface area contributed by atoms with Crippen LogP contribution in [0.15, 0.2) is 24.4 Å². The van der Waals surface area contributed by atoms with Gasteiger partial charge < -0.3 is 10.0 Å². The molecule has 40 heavy (non-hydrogen) atoms. The Morgan fingerprint density at radius 3 is 2.08 bits per heavy atom. The Hall–Kier alpha value is -2.80. The van der Waals surface area contributed by atoms with Crippen LogP contribution in [0.4, 0.5) is 26.3 Å². The number of nitrogens with zero attached hydrogens (tertiary/aromatic N) is 3. The molecule has 218 valence electrons. The molecule has 0 unspecified atom stereocenters. The van der Waals surface area contributed by atoms with Crippen molar-refractivity contribution in [2.45, 2.75) is 56.9 Å². The minimum atomic E-state index is -5.13. The Balaban J connectivity index is 1.70. The summed E-state index contributed by atoms with van der Waals surface area (Å²) in [6.45, 7) is -2.05. The highest BCUT2D eigenvalue weighted by Crippen LogP contribution is 2.58. The van der Waals surface area contributed by atoms with E-state index in [1.165, 1.54) is 18.2 Å². The number of halogens is 8. The molecule has 1 aromatic carbocycles. The zero-order valence-electron chi connectivity index (χ0n) is 20.7. The van der Waals surface area contributed by atoms with E-state index in [1.807, 2.05) is 0 Å². The number of hydrogen-bond donors (Lipinski definition) is 1. The van der Waals surface area contributed by atoms with Gasteiger partial charge in [-0.3, -0.25) is 19.1 Å². The van der Waals surface area contributed by atoms with Crippen LogP contribution in [0.25, 0.3) is 0 Å². The lowest BCUT2D eigenvalue weighted by Crippen LogP contribution is -2.44. The van der Waals surface area contributed by atoms with Gasteiger partial charge in [0.2, 0.25) is 0 Å². The summed E-state index contributed by atoms with van der Waals surface area (Å²) in [5.74, 6) is -4.19. The normalized spacial score (nSPS) is 20.7. The molecule has 7 nitrogen and oxygen atoms in total. The summed E-state index contributed by atoms with van der Waals surface area (Å²) in [5, 5.41) is 12.7. The fourth-order valence-corrected chi connectivity index (χ4v) is 5.69. The Labute approximate surface area is 234 Å². The number of carbonyl (C=O) groups is 3. The van der Waals surface area contributed by atoms with E-state index in [4.69, 9.17) is 23.2 Å². The Bertz CT molecular complexity index is 1290. The molecule has 2 aliphatic carbocycles. The maximum Gasteiger partial charge on any atom is 0.433 e. The Morgan fingerprint density at radius 1 is 1.02 bits per heavy atom. The molecule has 15 heteroatoms. The van der Waals surface area contributed by atoms with E-state index >= 15 is 0 Å². The van der Waals surface area contributed by atoms with Gasteiger partial charge in [0.15, 0.2) is 11.5 Å². The number of hydrogen-bond acceptors (Lipinski definition) is 4. The molecule has 2 fully saturated rings. The average molecular weight is 614 g/mol. The second-order valence-corrected chi connectivity index (χ2v) is 11.0. The van der Waals surface area contributed by atoms with Crippen LogP contribution in [0, 0.1) is 11.3 Å². The largest absolute Gasteiger partial charge is 0.481 e. The molecule has 2 saturated carbocycles. The van der Waals surface area contributed by atoms with E-state index in [0.717, 1.165) is 0 Å². The molecule has 0 aliphatic heterocycles. The van der Waals surface area contributed by atoms with Crippen molar-refractivity contribution in [3.8, 4) is 0 Å². The summed E-state index contributed by atoms with van der Waals surface area (Å²) in [5.41, 5.74) is -5.12. The minimum Gasteiger partial charge on any atom is -0.481 e. The van der Waals surface area contributed by atoms with Crippen LogP contribution in [0.2, 0.25) is 10.0 Å². The number of rotatable bonds is 8. The highest BCUT2D eigenvalue weighted by molar-refractivity contribution is 6.40. The van der Waals surface area contributed by atoms with Crippen LogP contribution in [-0.2, 0) is 11.0 Å². The van der Waals surface area contributed by atoms with Crippen LogP contribution in [0.3, 0.4) is 0 Å². The fraction of sp³-hybridized carbons (Fsp3) is 0.520. The highest BCUT2D eigenvalue weighted by Gasteiger charge is 2.64. The molecule has 0 bridgehead atoms. The van der Waals surface area contributed by atoms with E-state index in [-0.39, 0.29) is 54.1 Å². The van der Waals surface area contributed by atoms with Gasteiger partial charge in [-0.15, -0.1) is 0 Å². The number of alkyl halides is 6. The lowest BCUT2D eigenvalue weighted by Gasteiger charge is -2.30. The van der Waals surface area contributed by atoms with Crippen molar-refractivity contribution < 1.29 is 45.8 Å². The van der Waals surface area contributed by atoms with Gasteiger partial charge in [0.05, 0.1) is 51.3 Å². The van der Waals surface area contributed by atoms with Crippen molar-refractivity contribution in [3.63, 3.8) is 0 Å². The van der Waals surface area contributed by atoms with Gasteiger partial charge in [0.1, 0.15) is 0 Å². The lowest BCUT2D eigenvalue weighted by atomic mass is 9.86. The molecule has 2 aliphatic rings. The van der Waals surface area contributed by atoms with Crippen LogP contribution in [-0.4, -0.2) is 56.7 Å². The number of benzene rings is 1. The molecule has 0 saturated heterocycles. The van der Waals surface area contributed by atoms with Gasteiger partial charge in [-0.1, -0.05) is 29.3 Å². The van der Waals surface area contributed by atoms with Crippen LogP contribution >= 0.6 is 23.2 Å². The molecular formula is C25H23Cl2F6N3O4. The maximum atomic E-state index is 14.3. The number of aliphatic carboxylic acids is 1. The number of amides is 1. The molecule has 1 N–H and O–H groups in total. The van der Waals surface area contributed by atoms with E-state index in [1.54, 1.807) is 0 Å². The smallest absolute Gasteiger partial charge is 0.433 e. The Morgan fingerprint density at radius 2 is 1.60 bits per heavy atom. The molecule has 0 spiro atoms. The monoisotopic (exact) mass is 613 g/mol. The number of ketones is 1. The standard InChI is InChI=1S/C25H23Cl2F6N3O4/c26-16-2-1-3-17(27)19(16)18(37)11-35(12-23(8-9-23)25(31,32)33)21(38)15-10-34-36(20(15)24(28,29)30)14-6-4-13(5-7-14)22(39)40/h1-3,10,13-14H,4-9,11-12H2,(H,39,40). The van der Waals surface area contributed by atoms with Gasteiger partial charge in [-0.2, -0.15) is 31.4 Å². The first-order valence-corrected chi connectivity index (χ1v) is 13.0. The van der Waals surface area contributed by atoms with E-state index in [9.17, 15) is 45.8 Å². The van der Waals surface area contributed by atoms with Crippen molar-refractivity contribution in [1.29, 1.82) is 0 Å². The van der Waals surface area contributed by atoms with Gasteiger partial charge in [-0.25, -0.2) is 0 Å². The first-order chi connectivity index (χ1) is 18.6. The Kier molecular flexibility index (Phi) is 8.21. The van der Waals surface area contributed by atoms with Crippen molar-refractivity contribution in [3.05, 3.63) is 51.3 Å². The molecule has 0 radical (unpaired) electrons. The van der Waals surface area contributed by atoms with E-state index in [2.05, 4.69) is 5.10 Å². The van der Waals surface area contributed by atoms with Crippen LogP contribution < -0.4 is 0 Å². The average Bonchev–Trinajstić information content (AvgIpc) is 3.51.